The average molecular weight is 426 g/mol. The number of rotatable bonds is 5. The van der Waals surface area contributed by atoms with Crippen LogP contribution in [0.1, 0.15) is 29.3 Å². The number of hydrogen-bond acceptors (Lipinski definition) is 4. The summed E-state index contributed by atoms with van der Waals surface area (Å²) in [5, 5.41) is 5.03. The lowest BCUT2D eigenvalue weighted by Crippen LogP contribution is -2.44. The molecule has 29 heavy (non-hydrogen) atoms. The highest BCUT2D eigenvalue weighted by atomic mass is 32.1. The predicted octanol–water partition coefficient (Wildman–Crippen LogP) is 4.36. The van der Waals surface area contributed by atoms with Gasteiger partial charge in [-0.2, -0.15) is 13.2 Å². The van der Waals surface area contributed by atoms with E-state index in [9.17, 15) is 22.8 Å². The molecule has 0 bridgehead atoms. The van der Waals surface area contributed by atoms with Crippen LogP contribution in [0.5, 0.6) is 0 Å². The lowest BCUT2D eigenvalue weighted by atomic mass is 9.95. The molecular formula is C20H21F3N2O3S. The van der Waals surface area contributed by atoms with Crippen molar-refractivity contribution in [2.75, 3.05) is 19.7 Å². The maximum atomic E-state index is 12.8. The SMILES string of the molecule is O=C(NC(c1ccccc1)c1cccs1)C1CCN(C(=O)OCC(F)(F)F)CC1. The Morgan fingerprint density at radius 1 is 1.14 bits per heavy atom. The molecule has 2 heterocycles. The summed E-state index contributed by atoms with van der Waals surface area (Å²) in [6.07, 6.45) is -4.80. The summed E-state index contributed by atoms with van der Waals surface area (Å²) in [6.45, 7) is -1.24. The van der Waals surface area contributed by atoms with Crippen molar-refractivity contribution >= 4 is 23.3 Å². The van der Waals surface area contributed by atoms with Crippen LogP contribution in [-0.4, -0.2) is 42.8 Å². The molecule has 156 valence electrons. The Labute approximate surface area is 170 Å². The van der Waals surface area contributed by atoms with Crippen molar-refractivity contribution in [2.24, 2.45) is 5.92 Å². The zero-order valence-corrected chi connectivity index (χ0v) is 16.3. The minimum absolute atomic E-state index is 0.129. The van der Waals surface area contributed by atoms with E-state index in [2.05, 4.69) is 10.1 Å². The molecule has 0 aliphatic carbocycles. The predicted molar refractivity (Wildman–Crippen MR) is 102 cm³/mol. The van der Waals surface area contributed by atoms with Gasteiger partial charge in [0.2, 0.25) is 5.91 Å². The van der Waals surface area contributed by atoms with E-state index in [0.29, 0.717) is 12.8 Å². The molecule has 1 saturated heterocycles. The summed E-state index contributed by atoms with van der Waals surface area (Å²) in [6, 6.07) is 13.2. The van der Waals surface area contributed by atoms with E-state index in [1.54, 1.807) is 11.3 Å². The Hall–Kier alpha value is -2.55. The number of carbonyl (C=O) groups is 2. The molecule has 1 fully saturated rings. The number of piperidine rings is 1. The van der Waals surface area contributed by atoms with Crippen LogP contribution in [0.3, 0.4) is 0 Å². The number of halogens is 3. The number of carbonyl (C=O) groups excluding carboxylic acids is 2. The zero-order chi connectivity index (χ0) is 20.9. The quantitative estimate of drug-likeness (QED) is 0.773. The Balaban J connectivity index is 1.56. The van der Waals surface area contributed by atoms with Crippen LogP contribution in [0.15, 0.2) is 47.8 Å². The van der Waals surface area contributed by atoms with Crippen LogP contribution < -0.4 is 5.32 Å². The van der Waals surface area contributed by atoms with Gasteiger partial charge in [0.25, 0.3) is 0 Å². The number of alkyl halides is 3. The van der Waals surface area contributed by atoms with Crippen molar-refractivity contribution in [1.29, 1.82) is 0 Å². The first-order valence-corrected chi connectivity index (χ1v) is 10.1. The first-order chi connectivity index (χ1) is 13.8. The molecule has 2 aromatic rings. The minimum atomic E-state index is -4.55. The van der Waals surface area contributed by atoms with Gasteiger partial charge in [0, 0.05) is 23.9 Å². The standard InChI is InChI=1S/C20H21F3N2O3S/c21-20(22,23)13-28-19(27)25-10-8-15(9-11-25)18(26)24-17(16-7-4-12-29-16)14-5-2-1-3-6-14/h1-7,12,15,17H,8-11,13H2,(H,24,26). The van der Waals surface area contributed by atoms with Gasteiger partial charge in [-0.15, -0.1) is 11.3 Å². The highest BCUT2D eigenvalue weighted by Gasteiger charge is 2.33. The van der Waals surface area contributed by atoms with Crippen molar-refractivity contribution in [3.8, 4) is 0 Å². The lowest BCUT2D eigenvalue weighted by Gasteiger charge is -2.31. The van der Waals surface area contributed by atoms with E-state index in [-0.39, 0.29) is 31.0 Å². The lowest BCUT2D eigenvalue weighted by molar-refractivity contribution is -0.162. The number of likely N-dealkylation sites (tertiary alicyclic amines) is 1. The summed E-state index contributed by atoms with van der Waals surface area (Å²) in [7, 11) is 0. The summed E-state index contributed by atoms with van der Waals surface area (Å²) in [4.78, 5) is 26.8. The fourth-order valence-electron chi connectivity index (χ4n) is 3.24. The third-order valence-electron chi connectivity index (χ3n) is 4.73. The summed E-state index contributed by atoms with van der Waals surface area (Å²) < 4.78 is 40.8. The van der Waals surface area contributed by atoms with E-state index in [1.165, 1.54) is 4.90 Å². The van der Waals surface area contributed by atoms with Gasteiger partial charge in [0.1, 0.15) is 0 Å². The molecule has 0 spiro atoms. The van der Waals surface area contributed by atoms with Gasteiger partial charge in [0.15, 0.2) is 6.61 Å². The Kier molecular flexibility index (Phi) is 6.79. The third kappa shape index (κ3) is 5.96. The highest BCUT2D eigenvalue weighted by Crippen LogP contribution is 2.27. The summed E-state index contributed by atoms with van der Waals surface area (Å²) in [5.74, 6) is -0.441. The molecule has 1 aromatic heterocycles. The number of nitrogens with one attached hydrogen (secondary N) is 1. The number of benzene rings is 1. The van der Waals surface area contributed by atoms with Gasteiger partial charge in [-0.05, 0) is 29.9 Å². The van der Waals surface area contributed by atoms with Crippen molar-refractivity contribution in [3.63, 3.8) is 0 Å². The molecule has 1 atom stereocenters. The highest BCUT2D eigenvalue weighted by molar-refractivity contribution is 7.10. The van der Waals surface area contributed by atoms with Gasteiger partial charge < -0.3 is 15.0 Å². The molecule has 1 aliphatic rings. The van der Waals surface area contributed by atoms with Gasteiger partial charge >= 0.3 is 12.3 Å². The van der Waals surface area contributed by atoms with Gasteiger partial charge in [0.05, 0.1) is 6.04 Å². The monoisotopic (exact) mass is 426 g/mol. The average Bonchev–Trinajstić information content (AvgIpc) is 3.25. The van der Waals surface area contributed by atoms with Crippen molar-refractivity contribution < 1.29 is 27.5 Å². The fraction of sp³-hybridized carbons (Fsp3) is 0.400. The zero-order valence-electron chi connectivity index (χ0n) is 15.5. The van der Waals surface area contributed by atoms with Crippen LogP contribution in [0, 0.1) is 5.92 Å². The Morgan fingerprint density at radius 3 is 2.41 bits per heavy atom. The van der Waals surface area contributed by atoms with E-state index in [4.69, 9.17) is 0 Å². The molecular weight excluding hydrogens is 405 g/mol. The van der Waals surface area contributed by atoms with Crippen LogP contribution in [0.25, 0.3) is 0 Å². The van der Waals surface area contributed by atoms with E-state index < -0.39 is 18.9 Å². The normalized spacial score (nSPS) is 16.3. The van der Waals surface area contributed by atoms with Crippen molar-refractivity contribution in [3.05, 3.63) is 58.3 Å². The number of hydrogen-bond donors (Lipinski definition) is 1. The molecule has 1 N–H and O–H groups in total. The van der Waals surface area contributed by atoms with Crippen molar-refractivity contribution in [1.82, 2.24) is 10.2 Å². The van der Waals surface area contributed by atoms with Crippen molar-refractivity contribution in [2.45, 2.75) is 25.1 Å². The second-order valence-corrected chi connectivity index (χ2v) is 7.78. The second-order valence-electron chi connectivity index (χ2n) is 6.80. The van der Waals surface area contributed by atoms with E-state index in [0.717, 1.165) is 10.4 Å². The summed E-state index contributed by atoms with van der Waals surface area (Å²) >= 11 is 1.55. The molecule has 0 radical (unpaired) electrons. The molecule has 5 nitrogen and oxygen atoms in total. The Morgan fingerprint density at radius 2 is 1.83 bits per heavy atom. The molecule has 0 saturated carbocycles. The number of amides is 2. The largest absolute Gasteiger partial charge is 0.440 e. The minimum Gasteiger partial charge on any atom is -0.440 e. The first-order valence-electron chi connectivity index (χ1n) is 9.20. The van der Waals surface area contributed by atoms with E-state index in [1.807, 2.05) is 47.8 Å². The summed E-state index contributed by atoms with van der Waals surface area (Å²) in [5.41, 5.74) is 0.969. The molecule has 2 amide bonds. The van der Waals surface area contributed by atoms with Gasteiger partial charge in [-0.1, -0.05) is 36.4 Å². The topological polar surface area (TPSA) is 58.6 Å². The van der Waals surface area contributed by atoms with Gasteiger partial charge in [-0.25, -0.2) is 4.79 Å². The van der Waals surface area contributed by atoms with Crippen LogP contribution >= 0.6 is 11.3 Å². The number of ether oxygens (including phenoxy) is 1. The second kappa shape index (κ2) is 9.30. The molecule has 1 unspecified atom stereocenters. The fourth-order valence-corrected chi connectivity index (χ4v) is 4.04. The maximum Gasteiger partial charge on any atom is 0.422 e. The smallest absolute Gasteiger partial charge is 0.422 e. The van der Waals surface area contributed by atoms with E-state index >= 15 is 0 Å². The van der Waals surface area contributed by atoms with Gasteiger partial charge in [-0.3, -0.25) is 4.79 Å². The molecule has 1 aromatic carbocycles. The molecule has 1 aliphatic heterocycles. The van der Waals surface area contributed by atoms with Crippen LogP contribution in [0.4, 0.5) is 18.0 Å². The van der Waals surface area contributed by atoms with Crippen LogP contribution in [-0.2, 0) is 9.53 Å². The Bertz CT molecular complexity index is 804. The molecule has 9 heteroatoms. The first kappa shape index (κ1) is 21.2. The maximum absolute atomic E-state index is 12.8. The number of nitrogens with zero attached hydrogens (tertiary/aromatic N) is 1. The van der Waals surface area contributed by atoms with Crippen LogP contribution in [0.2, 0.25) is 0 Å². The number of thiophene rings is 1. The third-order valence-corrected chi connectivity index (χ3v) is 5.67. The molecule has 3 rings (SSSR count).